The van der Waals surface area contributed by atoms with Gasteiger partial charge in [0, 0.05) is 27.7 Å². The zero-order valence-corrected chi connectivity index (χ0v) is 16.4. The molecular weight excluding hydrogens is 362 g/mol. The monoisotopic (exact) mass is 389 g/mol. The molecule has 27 heavy (non-hydrogen) atoms. The summed E-state index contributed by atoms with van der Waals surface area (Å²) in [6.07, 6.45) is -2.69. The van der Waals surface area contributed by atoms with Gasteiger partial charge in [0.05, 0.1) is 6.04 Å². The Morgan fingerprint density at radius 3 is 1.89 bits per heavy atom. The molecule has 1 heterocycles. The average molecular weight is 389 g/mol. The van der Waals surface area contributed by atoms with Gasteiger partial charge in [0.1, 0.15) is 25.4 Å². The molecule has 0 radical (unpaired) electrons. The zero-order chi connectivity index (χ0) is 20.8. The largest absolute Gasteiger partial charge is 0.464 e. The molecule has 0 bridgehead atoms. The highest BCUT2D eigenvalue weighted by atomic mass is 16.8. The van der Waals surface area contributed by atoms with Crippen LogP contribution in [0.5, 0.6) is 0 Å². The lowest BCUT2D eigenvalue weighted by Crippen LogP contribution is -2.54. The van der Waals surface area contributed by atoms with Gasteiger partial charge in [0.15, 0.2) is 11.9 Å². The number of hydrogen-bond acceptors (Lipinski definition) is 9. The number of esters is 3. The summed E-state index contributed by atoms with van der Waals surface area (Å²) in [5.41, 5.74) is 0. The van der Waals surface area contributed by atoms with E-state index in [1.54, 1.807) is 13.8 Å². The van der Waals surface area contributed by atoms with Crippen molar-refractivity contribution in [3.63, 3.8) is 0 Å². The molecule has 1 aliphatic rings. The predicted octanol–water partition coefficient (Wildman–Crippen LogP) is 0.0691. The van der Waals surface area contributed by atoms with Crippen LogP contribution in [0.2, 0.25) is 0 Å². The first kappa shape index (κ1) is 22.8. The van der Waals surface area contributed by atoms with E-state index < -0.39 is 48.0 Å². The number of ether oxygens (including phenoxy) is 5. The van der Waals surface area contributed by atoms with Crippen LogP contribution in [0.1, 0.15) is 41.5 Å². The third-order valence-corrected chi connectivity index (χ3v) is 3.55. The van der Waals surface area contributed by atoms with Crippen molar-refractivity contribution in [3.05, 3.63) is 0 Å². The Hall–Kier alpha value is -2.20. The first-order chi connectivity index (χ1) is 12.4. The van der Waals surface area contributed by atoms with Crippen molar-refractivity contribution in [1.29, 1.82) is 0 Å². The maximum Gasteiger partial charge on any atom is 0.303 e. The highest BCUT2D eigenvalue weighted by Gasteiger charge is 2.50. The number of carbonyl (C=O) groups is 4. The third-order valence-electron chi connectivity index (χ3n) is 3.55. The van der Waals surface area contributed by atoms with Crippen LogP contribution in [0.4, 0.5) is 0 Å². The number of hydrogen-bond donors (Lipinski definition) is 1. The van der Waals surface area contributed by atoms with Crippen LogP contribution in [0, 0.1) is 0 Å². The molecule has 1 rings (SSSR count). The van der Waals surface area contributed by atoms with Gasteiger partial charge in [-0.15, -0.1) is 0 Å². The van der Waals surface area contributed by atoms with Gasteiger partial charge in [-0.2, -0.15) is 0 Å². The van der Waals surface area contributed by atoms with Crippen molar-refractivity contribution >= 4 is 23.8 Å². The molecule has 0 aromatic heterocycles. The third kappa shape index (κ3) is 7.92. The van der Waals surface area contributed by atoms with E-state index in [-0.39, 0.29) is 19.1 Å². The minimum atomic E-state index is -1.07. The topological polar surface area (TPSA) is 126 Å². The summed E-state index contributed by atoms with van der Waals surface area (Å²) in [5, 5.41) is 2.65. The van der Waals surface area contributed by atoms with Crippen molar-refractivity contribution in [1.82, 2.24) is 5.32 Å². The first-order valence-electron chi connectivity index (χ1n) is 8.48. The van der Waals surface area contributed by atoms with Gasteiger partial charge in [0.2, 0.25) is 5.91 Å². The zero-order valence-electron chi connectivity index (χ0n) is 16.4. The molecule has 1 aliphatic heterocycles. The molecule has 10 nitrogen and oxygen atoms in total. The van der Waals surface area contributed by atoms with Gasteiger partial charge in [0.25, 0.3) is 0 Å². The van der Waals surface area contributed by atoms with Gasteiger partial charge in [-0.1, -0.05) is 0 Å². The number of carbonyl (C=O) groups excluding carboxylic acids is 4. The molecular formula is C17H27NO9. The summed E-state index contributed by atoms with van der Waals surface area (Å²) in [5.74, 6) is -3.13. The Kier molecular flexibility index (Phi) is 8.17. The maximum absolute atomic E-state index is 11.6. The van der Waals surface area contributed by atoms with E-state index in [1.165, 1.54) is 27.7 Å². The smallest absolute Gasteiger partial charge is 0.303 e. The summed E-state index contributed by atoms with van der Waals surface area (Å²) in [4.78, 5) is 45.4. The summed E-state index contributed by atoms with van der Waals surface area (Å²) >= 11 is 0. The second kappa shape index (κ2) is 9.65. The van der Waals surface area contributed by atoms with E-state index in [0.29, 0.717) is 0 Å². The predicted molar refractivity (Wildman–Crippen MR) is 90.2 cm³/mol. The minimum Gasteiger partial charge on any atom is -0.464 e. The van der Waals surface area contributed by atoms with Crippen LogP contribution in [-0.2, 0) is 42.9 Å². The lowest BCUT2D eigenvalue weighted by Gasteiger charge is -2.30. The van der Waals surface area contributed by atoms with Gasteiger partial charge < -0.3 is 29.0 Å². The van der Waals surface area contributed by atoms with Crippen molar-refractivity contribution in [2.45, 2.75) is 71.7 Å². The number of nitrogens with one attached hydrogen (secondary N) is 1. The lowest BCUT2D eigenvalue weighted by atomic mass is 10.0. The lowest BCUT2D eigenvalue weighted by molar-refractivity contribution is -0.177. The van der Waals surface area contributed by atoms with Gasteiger partial charge in [-0.3, -0.25) is 19.2 Å². The average Bonchev–Trinajstić information content (AvgIpc) is 2.82. The second-order valence-electron chi connectivity index (χ2n) is 6.62. The Bertz CT molecular complexity index is 527. The van der Waals surface area contributed by atoms with E-state index in [2.05, 4.69) is 5.32 Å². The standard InChI is InChI=1S/C17H27NO9/c1-9(19)18-13(7-23-10(2)20)15-16(27-17(5,6)26-15)14(25-12(4)22)8-24-11(3)21/h13-16H,7-8H2,1-6H3,(H,18,19)/t13-,14+,15-,16-/m0/s1. The molecule has 0 unspecified atom stereocenters. The fourth-order valence-electron chi connectivity index (χ4n) is 2.71. The molecule has 1 amide bonds. The molecule has 0 spiro atoms. The second-order valence-corrected chi connectivity index (χ2v) is 6.62. The molecule has 1 fully saturated rings. The van der Waals surface area contributed by atoms with Crippen LogP contribution in [0.15, 0.2) is 0 Å². The molecule has 10 heteroatoms. The van der Waals surface area contributed by atoms with Crippen molar-refractivity contribution in [2.24, 2.45) is 0 Å². The molecule has 1 saturated heterocycles. The minimum absolute atomic E-state index is 0.171. The van der Waals surface area contributed by atoms with Crippen molar-refractivity contribution in [2.75, 3.05) is 13.2 Å². The Labute approximate surface area is 157 Å². The fraction of sp³-hybridized carbons (Fsp3) is 0.765. The Morgan fingerprint density at radius 1 is 0.889 bits per heavy atom. The van der Waals surface area contributed by atoms with Crippen LogP contribution in [0.3, 0.4) is 0 Å². The van der Waals surface area contributed by atoms with Crippen LogP contribution >= 0.6 is 0 Å². The molecule has 0 saturated carbocycles. The van der Waals surface area contributed by atoms with E-state index in [9.17, 15) is 19.2 Å². The van der Waals surface area contributed by atoms with Gasteiger partial charge in [-0.05, 0) is 13.8 Å². The number of amides is 1. The highest BCUT2D eigenvalue weighted by Crippen LogP contribution is 2.33. The maximum atomic E-state index is 11.6. The quantitative estimate of drug-likeness (QED) is 0.453. The Morgan fingerprint density at radius 2 is 1.41 bits per heavy atom. The summed E-state index contributed by atoms with van der Waals surface area (Å²) in [7, 11) is 0. The van der Waals surface area contributed by atoms with Crippen molar-refractivity contribution < 1.29 is 42.9 Å². The highest BCUT2D eigenvalue weighted by molar-refractivity contribution is 5.73. The molecule has 4 atom stereocenters. The van der Waals surface area contributed by atoms with E-state index in [4.69, 9.17) is 23.7 Å². The summed E-state index contributed by atoms with van der Waals surface area (Å²) in [6.45, 7) is 7.84. The van der Waals surface area contributed by atoms with Gasteiger partial charge in [-0.25, -0.2) is 0 Å². The van der Waals surface area contributed by atoms with Gasteiger partial charge >= 0.3 is 17.9 Å². The molecule has 0 aromatic rings. The molecule has 0 aliphatic carbocycles. The first-order valence-corrected chi connectivity index (χ1v) is 8.48. The molecule has 0 aromatic carbocycles. The normalized spacial score (nSPS) is 23.0. The van der Waals surface area contributed by atoms with Crippen molar-refractivity contribution in [3.8, 4) is 0 Å². The summed E-state index contributed by atoms with van der Waals surface area (Å²) in [6, 6.07) is -0.770. The van der Waals surface area contributed by atoms with E-state index in [0.717, 1.165) is 0 Å². The van der Waals surface area contributed by atoms with Crippen LogP contribution in [-0.4, -0.2) is 67.2 Å². The number of rotatable bonds is 8. The van der Waals surface area contributed by atoms with E-state index >= 15 is 0 Å². The Balaban J connectivity index is 3.11. The fourth-order valence-corrected chi connectivity index (χ4v) is 2.71. The SMILES string of the molecule is CC(=O)N[C@@H](COC(C)=O)[C@@H]1OC(C)(C)O[C@H]1[C@@H](COC(C)=O)OC(C)=O. The van der Waals surface area contributed by atoms with Crippen LogP contribution in [0.25, 0.3) is 0 Å². The molecule has 1 N–H and O–H groups in total. The van der Waals surface area contributed by atoms with Crippen LogP contribution < -0.4 is 5.32 Å². The summed E-state index contributed by atoms with van der Waals surface area (Å²) < 4.78 is 26.9. The molecule has 154 valence electrons. The van der Waals surface area contributed by atoms with E-state index in [1.807, 2.05) is 0 Å².